The van der Waals surface area contributed by atoms with Gasteiger partial charge in [-0.25, -0.2) is 8.78 Å². The Morgan fingerprint density at radius 3 is 2.71 bits per heavy atom. The molecule has 0 fully saturated rings. The summed E-state index contributed by atoms with van der Waals surface area (Å²) in [5, 5.41) is 5.61. The Hall–Kier alpha value is -3.48. The number of para-hydroxylation sites is 1. The Bertz CT molecular complexity index is 979. The van der Waals surface area contributed by atoms with E-state index >= 15 is 0 Å². The molecule has 3 rings (SSSR count). The van der Waals surface area contributed by atoms with Gasteiger partial charge in [-0.15, -0.1) is 0 Å². The van der Waals surface area contributed by atoms with Gasteiger partial charge in [0.2, 0.25) is 0 Å². The van der Waals surface area contributed by atoms with Crippen molar-refractivity contribution in [3.8, 4) is 5.75 Å². The highest BCUT2D eigenvalue weighted by atomic mass is 19.1. The number of methoxy groups -OCH3 is 1. The van der Waals surface area contributed by atoms with E-state index in [0.29, 0.717) is 18.7 Å². The van der Waals surface area contributed by atoms with Crippen LogP contribution in [0.3, 0.4) is 0 Å². The predicted octanol–water partition coefficient (Wildman–Crippen LogP) is 4.08. The van der Waals surface area contributed by atoms with Crippen molar-refractivity contribution in [2.24, 2.45) is 0 Å². The third-order valence-electron chi connectivity index (χ3n) is 4.08. The zero-order valence-corrected chi connectivity index (χ0v) is 15.2. The summed E-state index contributed by atoms with van der Waals surface area (Å²) in [5.74, 6) is -0.965. The summed E-state index contributed by atoms with van der Waals surface area (Å²) in [6.45, 7) is 0.408. The highest BCUT2D eigenvalue weighted by Gasteiger charge is 2.10. The van der Waals surface area contributed by atoms with E-state index in [1.807, 2.05) is 24.3 Å². The second-order valence-electron chi connectivity index (χ2n) is 6.00. The lowest BCUT2D eigenvalue weighted by Crippen LogP contribution is -2.26. The van der Waals surface area contributed by atoms with Crippen LogP contribution in [0.5, 0.6) is 5.75 Å². The third-order valence-corrected chi connectivity index (χ3v) is 4.08. The highest BCUT2D eigenvalue weighted by molar-refractivity contribution is 5.93. The van der Waals surface area contributed by atoms with Crippen LogP contribution in [0.4, 0.5) is 20.2 Å². The summed E-state index contributed by atoms with van der Waals surface area (Å²) < 4.78 is 32.1. The molecule has 144 valence electrons. The van der Waals surface area contributed by atoms with Gasteiger partial charge in [0.1, 0.15) is 23.1 Å². The van der Waals surface area contributed by atoms with Gasteiger partial charge in [0.05, 0.1) is 12.8 Å². The van der Waals surface area contributed by atoms with Crippen LogP contribution in [0.25, 0.3) is 0 Å². The first kappa shape index (κ1) is 19.3. The molecule has 2 aromatic carbocycles. The molecule has 28 heavy (non-hydrogen) atoms. The lowest BCUT2D eigenvalue weighted by Gasteiger charge is -2.10. The number of anilines is 2. The van der Waals surface area contributed by atoms with Crippen LogP contribution in [-0.4, -0.2) is 24.5 Å². The summed E-state index contributed by atoms with van der Waals surface area (Å²) in [7, 11) is 1.60. The van der Waals surface area contributed by atoms with E-state index in [0.717, 1.165) is 23.4 Å². The van der Waals surface area contributed by atoms with E-state index in [4.69, 9.17) is 4.74 Å². The van der Waals surface area contributed by atoms with Gasteiger partial charge >= 0.3 is 0 Å². The van der Waals surface area contributed by atoms with Crippen molar-refractivity contribution in [3.05, 3.63) is 83.7 Å². The van der Waals surface area contributed by atoms with E-state index in [9.17, 15) is 13.6 Å². The van der Waals surface area contributed by atoms with Gasteiger partial charge in [-0.1, -0.05) is 18.2 Å². The van der Waals surface area contributed by atoms with Crippen LogP contribution in [0.1, 0.15) is 16.1 Å². The van der Waals surface area contributed by atoms with Crippen molar-refractivity contribution >= 4 is 17.3 Å². The van der Waals surface area contributed by atoms with E-state index in [-0.39, 0.29) is 17.3 Å². The molecular formula is C21H19F2N3O2. The number of hydrogen-bond acceptors (Lipinski definition) is 4. The van der Waals surface area contributed by atoms with E-state index in [2.05, 4.69) is 15.6 Å². The average Bonchev–Trinajstić information content (AvgIpc) is 2.70. The molecule has 2 N–H and O–H groups in total. The maximum Gasteiger partial charge on any atom is 0.269 e. The molecule has 0 spiro atoms. The molecule has 0 aliphatic carbocycles. The first-order valence-corrected chi connectivity index (χ1v) is 8.65. The molecule has 5 nitrogen and oxygen atoms in total. The summed E-state index contributed by atoms with van der Waals surface area (Å²) in [6, 6.07) is 13.9. The van der Waals surface area contributed by atoms with Crippen molar-refractivity contribution in [1.82, 2.24) is 10.3 Å². The van der Waals surface area contributed by atoms with Gasteiger partial charge in [0.25, 0.3) is 5.91 Å². The van der Waals surface area contributed by atoms with Crippen LogP contribution in [-0.2, 0) is 6.42 Å². The first-order chi connectivity index (χ1) is 13.6. The maximum atomic E-state index is 13.8. The fourth-order valence-electron chi connectivity index (χ4n) is 2.69. The Morgan fingerprint density at radius 1 is 1.11 bits per heavy atom. The number of aromatic nitrogens is 1. The lowest BCUT2D eigenvalue weighted by molar-refractivity contribution is 0.0949. The second-order valence-corrected chi connectivity index (χ2v) is 6.00. The number of halogens is 2. The molecule has 0 aliphatic rings. The molecule has 0 bridgehead atoms. The molecule has 0 saturated heterocycles. The number of benzene rings is 2. The topological polar surface area (TPSA) is 63.2 Å². The first-order valence-electron chi connectivity index (χ1n) is 8.65. The minimum Gasteiger partial charge on any atom is -0.496 e. The van der Waals surface area contributed by atoms with Crippen LogP contribution >= 0.6 is 0 Å². The van der Waals surface area contributed by atoms with Gasteiger partial charge in [-0.3, -0.25) is 9.78 Å². The summed E-state index contributed by atoms with van der Waals surface area (Å²) in [6.07, 6.45) is 2.05. The minimum atomic E-state index is -0.723. The largest absolute Gasteiger partial charge is 0.496 e. The summed E-state index contributed by atoms with van der Waals surface area (Å²) in [5.41, 5.74) is 1.75. The van der Waals surface area contributed by atoms with Crippen molar-refractivity contribution in [1.29, 1.82) is 0 Å². The number of carbonyl (C=O) groups excluding carboxylic acids is 1. The molecule has 3 aromatic rings. The molecule has 7 heteroatoms. The quantitative estimate of drug-likeness (QED) is 0.645. The molecule has 1 amide bonds. The van der Waals surface area contributed by atoms with Gasteiger partial charge in [0, 0.05) is 24.5 Å². The number of amides is 1. The number of carbonyl (C=O) groups is 1. The zero-order chi connectivity index (χ0) is 19.9. The Kier molecular flexibility index (Phi) is 6.16. The molecule has 1 aromatic heterocycles. The fourth-order valence-corrected chi connectivity index (χ4v) is 2.69. The number of pyridine rings is 1. The molecular weight excluding hydrogens is 364 g/mol. The second kappa shape index (κ2) is 8.94. The molecule has 0 aliphatic heterocycles. The monoisotopic (exact) mass is 383 g/mol. The Morgan fingerprint density at radius 2 is 1.93 bits per heavy atom. The molecule has 1 heterocycles. The highest BCUT2D eigenvalue weighted by Crippen LogP contribution is 2.21. The third kappa shape index (κ3) is 4.82. The van der Waals surface area contributed by atoms with Crippen molar-refractivity contribution in [2.45, 2.75) is 6.42 Å². The smallest absolute Gasteiger partial charge is 0.269 e. The Labute approximate surface area is 161 Å². The molecule has 0 saturated carbocycles. The van der Waals surface area contributed by atoms with E-state index < -0.39 is 11.6 Å². The van der Waals surface area contributed by atoms with Crippen molar-refractivity contribution < 1.29 is 18.3 Å². The minimum absolute atomic E-state index is 0.107. The fraction of sp³-hybridized carbons (Fsp3) is 0.143. The number of rotatable bonds is 7. The van der Waals surface area contributed by atoms with Crippen molar-refractivity contribution in [2.75, 3.05) is 19.0 Å². The van der Waals surface area contributed by atoms with Gasteiger partial charge in [-0.2, -0.15) is 0 Å². The molecule has 0 radical (unpaired) electrons. The average molecular weight is 383 g/mol. The zero-order valence-electron chi connectivity index (χ0n) is 15.2. The molecule has 0 atom stereocenters. The SMILES string of the molecule is COc1ccccc1CCNC(=O)c1cc(Nc2ccc(F)cc2F)ccn1. The van der Waals surface area contributed by atoms with E-state index in [1.54, 1.807) is 13.2 Å². The molecule has 0 unspecified atom stereocenters. The number of hydrogen-bond donors (Lipinski definition) is 2. The van der Waals surface area contributed by atoms with E-state index in [1.165, 1.54) is 18.3 Å². The van der Waals surface area contributed by atoms with Gasteiger partial charge in [0.15, 0.2) is 0 Å². The van der Waals surface area contributed by atoms with Crippen LogP contribution in [0.2, 0.25) is 0 Å². The summed E-state index contributed by atoms with van der Waals surface area (Å²) in [4.78, 5) is 16.4. The van der Waals surface area contributed by atoms with Crippen molar-refractivity contribution in [3.63, 3.8) is 0 Å². The number of nitrogens with zero attached hydrogens (tertiary/aromatic N) is 1. The normalized spacial score (nSPS) is 10.4. The number of nitrogens with one attached hydrogen (secondary N) is 2. The number of ether oxygens (including phenoxy) is 1. The standard InChI is InChI=1S/C21H19F2N3O2/c1-28-20-5-3-2-4-14(20)8-10-25-21(27)19-13-16(9-11-24-19)26-18-7-6-15(22)12-17(18)23/h2-7,9,11-13H,8,10H2,1H3,(H,24,26)(H,25,27). The summed E-state index contributed by atoms with van der Waals surface area (Å²) >= 11 is 0. The maximum absolute atomic E-state index is 13.8. The van der Waals surface area contributed by atoms with Gasteiger partial charge in [-0.05, 0) is 42.3 Å². The predicted molar refractivity (Wildman–Crippen MR) is 103 cm³/mol. The Balaban J connectivity index is 1.62. The van der Waals surface area contributed by atoms with Crippen LogP contribution in [0, 0.1) is 11.6 Å². The van der Waals surface area contributed by atoms with Crippen LogP contribution < -0.4 is 15.4 Å². The lowest BCUT2D eigenvalue weighted by atomic mass is 10.1. The van der Waals surface area contributed by atoms with Gasteiger partial charge < -0.3 is 15.4 Å². The van der Waals surface area contributed by atoms with Crippen LogP contribution in [0.15, 0.2) is 60.8 Å².